The summed E-state index contributed by atoms with van der Waals surface area (Å²) in [7, 11) is 1.57. The number of hydrogen-bond donors (Lipinski definition) is 1. The van der Waals surface area contributed by atoms with Crippen molar-refractivity contribution >= 4 is 5.97 Å². The van der Waals surface area contributed by atoms with Crippen molar-refractivity contribution in [2.75, 3.05) is 20.3 Å². The summed E-state index contributed by atoms with van der Waals surface area (Å²) in [5.74, 6) is 0.322. The molecule has 0 saturated heterocycles. The number of rotatable bonds is 7. The number of carbonyl (C=O) groups is 1. The summed E-state index contributed by atoms with van der Waals surface area (Å²) >= 11 is 0. The van der Waals surface area contributed by atoms with Gasteiger partial charge >= 0.3 is 5.97 Å². The predicted molar refractivity (Wildman–Crippen MR) is 75.6 cm³/mol. The van der Waals surface area contributed by atoms with Gasteiger partial charge in [0.15, 0.2) is 0 Å². The zero-order valence-electron chi connectivity index (χ0n) is 12.2. The first-order valence-electron chi connectivity index (χ1n) is 6.54. The van der Waals surface area contributed by atoms with Crippen LogP contribution in [0.5, 0.6) is 5.75 Å². The van der Waals surface area contributed by atoms with E-state index in [4.69, 9.17) is 9.47 Å². The lowest BCUT2D eigenvalue weighted by Crippen LogP contribution is -2.44. The van der Waals surface area contributed by atoms with Crippen LogP contribution in [0.3, 0.4) is 0 Å². The number of benzene rings is 1. The maximum absolute atomic E-state index is 11.9. The van der Waals surface area contributed by atoms with Gasteiger partial charge in [0.2, 0.25) is 0 Å². The molecule has 0 bridgehead atoms. The highest BCUT2D eigenvalue weighted by atomic mass is 16.5. The summed E-state index contributed by atoms with van der Waals surface area (Å²) in [5.41, 5.74) is 0.288. The van der Waals surface area contributed by atoms with Crippen molar-refractivity contribution in [3.63, 3.8) is 0 Å². The molecule has 106 valence electrons. The summed E-state index contributed by atoms with van der Waals surface area (Å²) in [6, 6.07) is 6.96. The lowest BCUT2D eigenvalue weighted by Gasteiger charge is -2.25. The van der Waals surface area contributed by atoms with Crippen LogP contribution in [-0.4, -0.2) is 31.8 Å². The molecule has 19 heavy (non-hydrogen) atoms. The molecule has 0 spiro atoms. The van der Waals surface area contributed by atoms with E-state index >= 15 is 0 Å². The van der Waals surface area contributed by atoms with E-state index < -0.39 is 0 Å². The Hall–Kier alpha value is -1.55. The highest BCUT2D eigenvalue weighted by Gasteiger charge is 2.19. The molecule has 0 unspecified atom stereocenters. The summed E-state index contributed by atoms with van der Waals surface area (Å²) in [4.78, 5) is 11.9. The van der Waals surface area contributed by atoms with E-state index in [2.05, 4.69) is 12.2 Å². The highest BCUT2D eigenvalue weighted by Crippen LogP contribution is 2.14. The van der Waals surface area contributed by atoms with Crippen molar-refractivity contribution in [2.24, 2.45) is 0 Å². The zero-order valence-corrected chi connectivity index (χ0v) is 12.2. The van der Waals surface area contributed by atoms with E-state index in [1.54, 1.807) is 31.4 Å². The van der Waals surface area contributed by atoms with E-state index in [1.165, 1.54) is 0 Å². The Bertz CT molecular complexity index is 416. The van der Waals surface area contributed by atoms with Crippen molar-refractivity contribution < 1.29 is 14.3 Å². The third-order valence-corrected chi connectivity index (χ3v) is 2.72. The zero-order chi connectivity index (χ0) is 14.3. The summed E-state index contributed by atoms with van der Waals surface area (Å²) in [6.45, 7) is 7.38. The molecule has 0 atom stereocenters. The molecule has 1 N–H and O–H groups in total. The second kappa shape index (κ2) is 7.14. The molecule has 0 aromatic heterocycles. The molecule has 4 heteroatoms. The van der Waals surface area contributed by atoms with Crippen molar-refractivity contribution in [1.82, 2.24) is 5.32 Å². The first-order chi connectivity index (χ1) is 8.98. The Balaban J connectivity index is 2.55. The largest absolute Gasteiger partial charge is 0.497 e. The fraction of sp³-hybridized carbons (Fsp3) is 0.533. The van der Waals surface area contributed by atoms with Gasteiger partial charge in [0.1, 0.15) is 12.4 Å². The van der Waals surface area contributed by atoms with Gasteiger partial charge in [-0.25, -0.2) is 4.79 Å². The molecule has 0 heterocycles. The minimum Gasteiger partial charge on any atom is -0.497 e. The second-order valence-corrected chi connectivity index (χ2v) is 5.12. The normalized spacial score (nSPS) is 11.2. The average molecular weight is 265 g/mol. The number of esters is 1. The van der Waals surface area contributed by atoms with Gasteiger partial charge in [-0.05, 0) is 45.0 Å². The third kappa shape index (κ3) is 5.30. The monoisotopic (exact) mass is 265 g/mol. The molecular formula is C15H23NO3. The summed E-state index contributed by atoms with van der Waals surface area (Å²) < 4.78 is 10.4. The number of ether oxygens (including phenoxy) is 2. The maximum atomic E-state index is 11.9. The Morgan fingerprint density at radius 2 is 2.11 bits per heavy atom. The third-order valence-electron chi connectivity index (χ3n) is 2.72. The molecule has 0 aliphatic rings. The molecule has 0 fully saturated rings. The Morgan fingerprint density at radius 3 is 2.74 bits per heavy atom. The molecule has 0 radical (unpaired) electrons. The Kier molecular flexibility index (Phi) is 5.83. The van der Waals surface area contributed by atoms with Gasteiger partial charge in [-0.3, -0.25) is 0 Å². The molecule has 0 saturated carbocycles. The van der Waals surface area contributed by atoms with Gasteiger partial charge in [-0.1, -0.05) is 13.0 Å². The summed E-state index contributed by atoms with van der Waals surface area (Å²) in [6.07, 6.45) is 1.05. The molecule has 0 amide bonds. The molecule has 1 rings (SSSR count). The summed E-state index contributed by atoms with van der Waals surface area (Å²) in [5, 5.41) is 3.34. The minimum absolute atomic E-state index is 0.218. The average Bonchev–Trinajstić information content (AvgIpc) is 2.43. The lowest BCUT2D eigenvalue weighted by atomic mass is 10.1. The number of nitrogens with one attached hydrogen (secondary N) is 1. The first kappa shape index (κ1) is 15.5. The van der Waals surface area contributed by atoms with E-state index in [1.807, 2.05) is 13.8 Å². The number of methoxy groups -OCH3 is 1. The lowest BCUT2D eigenvalue weighted by molar-refractivity contribution is 0.0400. The van der Waals surface area contributed by atoms with E-state index in [0.29, 0.717) is 17.9 Å². The fourth-order valence-electron chi connectivity index (χ4n) is 1.59. The molecule has 0 aliphatic carbocycles. The number of carbonyl (C=O) groups excluding carboxylic acids is 1. The van der Waals surface area contributed by atoms with E-state index in [9.17, 15) is 4.79 Å². The van der Waals surface area contributed by atoms with Crippen LogP contribution in [-0.2, 0) is 4.74 Å². The topological polar surface area (TPSA) is 47.6 Å². The van der Waals surface area contributed by atoms with E-state index in [-0.39, 0.29) is 11.5 Å². The molecule has 1 aromatic carbocycles. The van der Waals surface area contributed by atoms with Crippen LogP contribution in [0.1, 0.15) is 37.6 Å². The smallest absolute Gasteiger partial charge is 0.338 e. The minimum atomic E-state index is -0.328. The predicted octanol–water partition coefficient (Wildman–Crippen LogP) is 2.63. The quantitative estimate of drug-likeness (QED) is 0.770. The van der Waals surface area contributed by atoms with Crippen molar-refractivity contribution in [3.8, 4) is 5.75 Å². The van der Waals surface area contributed by atoms with Crippen LogP contribution >= 0.6 is 0 Å². The van der Waals surface area contributed by atoms with Gasteiger partial charge < -0.3 is 14.8 Å². The van der Waals surface area contributed by atoms with Crippen LogP contribution < -0.4 is 10.1 Å². The fourth-order valence-corrected chi connectivity index (χ4v) is 1.59. The van der Waals surface area contributed by atoms with Gasteiger partial charge in [0, 0.05) is 5.54 Å². The number of hydrogen-bond acceptors (Lipinski definition) is 4. The van der Waals surface area contributed by atoms with Gasteiger partial charge in [0.05, 0.1) is 12.7 Å². The Morgan fingerprint density at radius 1 is 1.37 bits per heavy atom. The SMILES string of the molecule is CCCNC(C)(C)COC(=O)c1cccc(OC)c1. The van der Waals surface area contributed by atoms with Crippen molar-refractivity contribution in [3.05, 3.63) is 29.8 Å². The molecule has 1 aromatic rings. The van der Waals surface area contributed by atoms with Crippen molar-refractivity contribution in [2.45, 2.75) is 32.7 Å². The molecular weight excluding hydrogens is 242 g/mol. The van der Waals surface area contributed by atoms with E-state index in [0.717, 1.165) is 13.0 Å². The standard InChI is InChI=1S/C15H23NO3/c1-5-9-16-15(2,3)11-19-14(17)12-7-6-8-13(10-12)18-4/h6-8,10,16H,5,9,11H2,1-4H3. The van der Waals surface area contributed by atoms with Crippen LogP contribution in [0.2, 0.25) is 0 Å². The van der Waals surface area contributed by atoms with Crippen molar-refractivity contribution in [1.29, 1.82) is 0 Å². The molecule has 0 aliphatic heterocycles. The highest BCUT2D eigenvalue weighted by molar-refractivity contribution is 5.89. The molecule has 4 nitrogen and oxygen atoms in total. The Labute approximate surface area is 115 Å². The first-order valence-corrected chi connectivity index (χ1v) is 6.54. The van der Waals surface area contributed by atoms with Crippen LogP contribution in [0.4, 0.5) is 0 Å². The second-order valence-electron chi connectivity index (χ2n) is 5.12. The van der Waals surface area contributed by atoms with Crippen LogP contribution in [0, 0.1) is 0 Å². The van der Waals surface area contributed by atoms with Crippen LogP contribution in [0.15, 0.2) is 24.3 Å². The van der Waals surface area contributed by atoms with Gasteiger partial charge in [-0.15, -0.1) is 0 Å². The maximum Gasteiger partial charge on any atom is 0.338 e. The van der Waals surface area contributed by atoms with Gasteiger partial charge in [0.25, 0.3) is 0 Å². The van der Waals surface area contributed by atoms with Gasteiger partial charge in [-0.2, -0.15) is 0 Å². The van der Waals surface area contributed by atoms with Crippen LogP contribution in [0.25, 0.3) is 0 Å².